The van der Waals surface area contributed by atoms with E-state index in [4.69, 9.17) is 0 Å². The van der Waals surface area contributed by atoms with Crippen LogP contribution in [0.1, 0.15) is 24.0 Å². The van der Waals surface area contributed by atoms with Gasteiger partial charge < -0.3 is 5.32 Å². The van der Waals surface area contributed by atoms with E-state index in [-0.39, 0.29) is 23.8 Å². The van der Waals surface area contributed by atoms with Crippen LogP contribution in [0.3, 0.4) is 0 Å². The second kappa shape index (κ2) is 10.3. The Labute approximate surface area is 180 Å². The standard InChI is InChI=1S/C21H24FN5O3S/c1-26(31(29,30)20-9-7-19(22)8-10-20)11-3-6-21(28)24-13-17-4-2-5-18(12-17)14-27-16-23-15-25-27/h2,4-5,7-10,12,15-16H,3,6,11,13-14H2,1H3,(H,24,28). The minimum Gasteiger partial charge on any atom is -0.352 e. The highest BCUT2D eigenvalue weighted by molar-refractivity contribution is 7.89. The molecule has 0 aliphatic heterocycles. The molecule has 164 valence electrons. The van der Waals surface area contributed by atoms with Crippen molar-refractivity contribution in [2.75, 3.05) is 13.6 Å². The van der Waals surface area contributed by atoms with Crippen LogP contribution in [-0.4, -0.2) is 47.0 Å². The van der Waals surface area contributed by atoms with Gasteiger partial charge in [-0.05, 0) is 41.8 Å². The van der Waals surface area contributed by atoms with Crippen LogP contribution >= 0.6 is 0 Å². The average Bonchev–Trinajstić information content (AvgIpc) is 3.26. The zero-order valence-electron chi connectivity index (χ0n) is 17.1. The molecule has 0 unspecified atom stereocenters. The van der Waals surface area contributed by atoms with E-state index in [0.717, 1.165) is 23.3 Å². The Morgan fingerprint density at radius 3 is 2.61 bits per heavy atom. The van der Waals surface area contributed by atoms with Crippen molar-refractivity contribution in [1.82, 2.24) is 24.4 Å². The molecule has 0 atom stereocenters. The summed E-state index contributed by atoms with van der Waals surface area (Å²) in [6.07, 6.45) is 3.69. The lowest BCUT2D eigenvalue weighted by atomic mass is 10.1. The van der Waals surface area contributed by atoms with E-state index in [1.807, 2.05) is 24.3 Å². The third-order valence-corrected chi connectivity index (χ3v) is 6.56. The molecule has 8 nitrogen and oxygen atoms in total. The second-order valence-electron chi connectivity index (χ2n) is 7.07. The maximum absolute atomic E-state index is 13.0. The van der Waals surface area contributed by atoms with Crippen LogP contribution in [0.4, 0.5) is 4.39 Å². The summed E-state index contributed by atoms with van der Waals surface area (Å²) in [5.74, 6) is -0.656. The molecule has 0 saturated heterocycles. The molecule has 1 N–H and O–H groups in total. The maximum atomic E-state index is 13.0. The fraction of sp³-hybridized carbons (Fsp3) is 0.286. The van der Waals surface area contributed by atoms with Gasteiger partial charge in [-0.15, -0.1) is 0 Å². The lowest BCUT2D eigenvalue weighted by Gasteiger charge is -2.17. The average molecular weight is 446 g/mol. The molecule has 0 bridgehead atoms. The Morgan fingerprint density at radius 1 is 1.16 bits per heavy atom. The molecule has 0 radical (unpaired) electrons. The van der Waals surface area contributed by atoms with Crippen LogP contribution in [-0.2, 0) is 27.9 Å². The van der Waals surface area contributed by atoms with E-state index in [1.54, 1.807) is 11.0 Å². The van der Waals surface area contributed by atoms with Crippen molar-refractivity contribution in [2.45, 2.75) is 30.8 Å². The number of hydrogen-bond donors (Lipinski definition) is 1. The van der Waals surface area contributed by atoms with Crippen LogP contribution in [0.5, 0.6) is 0 Å². The number of nitrogens with zero attached hydrogens (tertiary/aromatic N) is 4. The van der Waals surface area contributed by atoms with Crippen molar-refractivity contribution >= 4 is 15.9 Å². The van der Waals surface area contributed by atoms with Gasteiger partial charge in [0.25, 0.3) is 0 Å². The fourth-order valence-corrected chi connectivity index (χ4v) is 4.21. The highest BCUT2D eigenvalue weighted by Crippen LogP contribution is 2.15. The Kier molecular flexibility index (Phi) is 7.48. The molecule has 0 saturated carbocycles. The molecule has 2 aromatic carbocycles. The van der Waals surface area contributed by atoms with Gasteiger partial charge in [0.05, 0.1) is 11.4 Å². The van der Waals surface area contributed by atoms with Gasteiger partial charge in [0.15, 0.2) is 0 Å². The molecule has 10 heteroatoms. The lowest BCUT2D eigenvalue weighted by molar-refractivity contribution is -0.121. The number of aromatic nitrogens is 3. The fourth-order valence-electron chi connectivity index (χ4n) is 3.00. The molecule has 0 aliphatic carbocycles. The van der Waals surface area contributed by atoms with Gasteiger partial charge in [-0.2, -0.15) is 5.10 Å². The van der Waals surface area contributed by atoms with E-state index in [2.05, 4.69) is 15.4 Å². The summed E-state index contributed by atoms with van der Waals surface area (Å²) >= 11 is 0. The Bertz CT molecular complexity index is 1100. The van der Waals surface area contributed by atoms with Crippen LogP contribution < -0.4 is 5.32 Å². The van der Waals surface area contributed by atoms with Gasteiger partial charge in [0.1, 0.15) is 18.5 Å². The summed E-state index contributed by atoms with van der Waals surface area (Å²) in [5, 5.41) is 6.93. The van der Waals surface area contributed by atoms with Crippen LogP contribution in [0, 0.1) is 5.82 Å². The van der Waals surface area contributed by atoms with Gasteiger partial charge in [0.2, 0.25) is 15.9 Å². The van der Waals surface area contributed by atoms with Crippen LogP contribution in [0.15, 0.2) is 66.1 Å². The Morgan fingerprint density at radius 2 is 1.90 bits per heavy atom. The van der Waals surface area contributed by atoms with Crippen molar-refractivity contribution in [3.63, 3.8) is 0 Å². The van der Waals surface area contributed by atoms with Crippen molar-refractivity contribution in [2.24, 2.45) is 0 Å². The van der Waals surface area contributed by atoms with E-state index in [9.17, 15) is 17.6 Å². The molecule has 1 aromatic heterocycles. The number of rotatable bonds is 10. The highest BCUT2D eigenvalue weighted by Gasteiger charge is 2.20. The van der Waals surface area contributed by atoms with Crippen molar-refractivity contribution in [3.8, 4) is 0 Å². The molecule has 0 spiro atoms. The number of amides is 1. The molecule has 0 fully saturated rings. The normalized spacial score (nSPS) is 11.6. The zero-order chi connectivity index (χ0) is 22.3. The summed E-state index contributed by atoms with van der Waals surface area (Å²) in [4.78, 5) is 16.1. The largest absolute Gasteiger partial charge is 0.352 e. The first kappa shape index (κ1) is 22.6. The van der Waals surface area contributed by atoms with Gasteiger partial charge in [-0.1, -0.05) is 24.3 Å². The first-order valence-electron chi connectivity index (χ1n) is 9.73. The number of hydrogen-bond acceptors (Lipinski definition) is 5. The van der Waals surface area contributed by atoms with Gasteiger partial charge in [-0.3, -0.25) is 4.79 Å². The monoisotopic (exact) mass is 445 g/mol. The molecule has 0 aliphatic rings. The van der Waals surface area contributed by atoms with Crippen molar-refractivity contribution < 1.29 is 17.6 Å². The molecular formula is C21H24FN5O3S. The Balaban J connectivity index is 1.43. The lowest BCUT2D eigenvalue weighted by Crippen LogP contribution is -2.29. The zero-order valence-corrected chi connectivity index (χ0v) is 17.9. The number of halogens is 1. The number of benzene rings is 2. The summed E-state index contributed by atoms with van der Waals surface area (Å²) in [6.45, 7) is 1.16. The summed E-state index contributed by atoms with van der Waals surface area (Å²) in [5.41, 5.74) is 2.01. The number of carbonyl (C=O) groups is 1. The number of carbonyl (C=O) groups excluding carboxylic acids is 1. The summed E-state index contributed by atoms with van der Waals surface area (Å²) in [7, 11) is -2.27. The smallest absolute Gasteiger partial charge is 0.242 e. The van der Waals surface area contributed by atoms with Crippen LogP contribution in [0.2, 0.25) is 0 Å². The molecule has 3 rings (SSSR count). The van der Waals surface area contributed by atoms with E-state index >= 15 is 0 Å². The highest BCUT2D eigenvalue weighted by atomic mass is 32.2. The van der Waals surface area contributed by atoms with Gasteiger partial charge >= 0.3 is 0 Å². The maximum Gasteiger partial charge on any atom is 0.242 e. The van der Waals surface area contributed by atoms with Gasteiger partial charge in [-0.25, -0.2) is 26.8 Å². The molecule has 1 amide bonds. The minimum atomic E-state index is -3.71. The number of nitrogens with one attached hydrogen (secondary N) is 1. The summed E-state index contributed by atoms with van der Waals surface area (Å²) in [6, 6.07) is 12.5. The van der Waals surface area contributed by atoms with Crippen molar-refractivity contribution in [1.29, 1.82) is 0 Å². The summed E-state index contributed by atoms with van der Waals surface area (Å²) < 4.78 is 40.8. The quantitative estimate of drug-likeness (QED) is 0.516. The van der Waals surface area contributed by atoms with E-state index in [1.165, 1.54) is 29.8 Å². The third kappa shape index (κ3) is 6.43. The van der Waals surface area contributed by atoms with Gasteiger partial charge in [0, 0.05) is 26.6 Å². The Hall–Kier alpha value is -3.11. The minimum absolute atomic E-state index is 0.0200. The van der Waals surface area contributed by atoms with E-state index < -0.39 is 15.8 Å². The molecule has 1 heterocycles. The third-order valence-electron chi connectivity index (χ3n) is 4.69. The molecule has 3 aromatic rings. The molecule has 31 heavy (non-hydrogen) atoms. The molecular weight excluding hydrogens is 421 g/mol. The van der Waals surface area contributed by atoms with E-state index in [0.29, 0.717) is 19.5 Å². The van der Waals surface area contributed by atoms with Crippen LogP contribution in [0.25, 0.3) is 0 Å². The number of sulfonamides is 1. The SMILES string of the molecule is CN(CCCC(=O)NCc1cccc(Cn2cncn2)c1)S(=O)(=O)c1ccc(F)cc1. The first-order chi connectivity index (χ1) is 14.8. The first-order valence-corrected chi connectivity index (χ1v) is 11.2. The second-order valence-corrected chi connectivity index (χ2v) is 9.12. The topological polar surface area (TPSA) is 97.2 Å². The predicted octanol–water partition coefficient (Wildman–Crippen LogP) is 2.18. The van der Waals surface area contributed by atoms with Crippen molar-refractivity contribution in [3.05, 3.63) is 78.1 Å². The predicted molar refractivity (Wildman–Crippen MR) is 113 cm³/mol.